The van der Waals surface area contributed by atoms with E-state index in [2.05, 4.69) is 24.6 Å². The topological polar surface area (TPSA) is 45.0 Å². The third kappa shape index (κ3) is 5.95. The van der Waals surface area contributed by atoms with E-state index in [-0.39, 0.29) is 6.61 Å². The molecule has 0 aromatic heterocycles. The third-order valence-corrected chi connectivity index (χ3v) is 3.26. The van der Waals surface area contributed by atoms with E-state index in [4.69, 9.17) is 10.00 Å². The zero-order chi connectivity index (χ0) is 13.2. The van der Waals surface area contributed by atoms with Gasteiger partial charge in [0.2, 0.25) is 0 Å². The van der Waals surface area contributed by atoms with Crippen molar-refractivity contribution in [3.05, 3.63) is 29.8 Å². The highest BCUT2D eigenvalue weighted by Gasteiger charge is 2.02. The van der Waals surface area contributed by atoms with Crippen LogP contribution in [0.1, 0.15) is 18.9 Å². The van der Waals surface area contributed by atoms with Gasteiger partial charge in [-0.2, -0.15) is 17.0 Å². The van der Waals surface area contributed by atoms with E-state index in [1.54, 1.807) is 0 Å². The first kappa shape index (κ1) is 14.9. The first-order valence-corrected chi connectivity index (χ1v) is 7.46. The first-order valence-electron chi connectivity index (χ1n) is 6.07. The van der Waals surface area contributed by atoms with Crippen LogP contribution in [-0.2, 0) is 6.54 Å². The van der Waals surface area contributed by atoms with Crippen molar-refractivity contribution in [3.63, 3.8) is 0 Å². The maximum Gasteiger partial charge on any atom is 0.174 e. The predicted octanol–water partition coefficient (Wildman–Crippen LogP) is 2.82. The highest BCUT2D eigenvalue weighted by Crippen LogP contribution is 2.13. The molecule has 1 N–H and O–H groups in total. The van der Waals surface area contributed by atoms with E-state index in [9.17, 15) is 0 Å². The van der Waals surface area contributed by atoms with Crippen LogP contribution in [0.5, 0.6) is 5.75 Å². The SMILES string of the molecule is CSCCC(C)NCc1cccc(OCC#N)c1. The van der Waals surface area contributed by atoms with E-state index in [0.717, 1.165) is 12.3 Å². The van der Waals surface area contributed by atoms with Crippen molar-refractivity contribution in [2.45, 2.75) is 25.9 Å². The van der Waals surface area contributed by atoms with Crippen molar-refractivity contribution >= 4 is 11.8 Å². The lowest BCUT2D eigenvalue weighted by Crippen LogP contribution is -2.25. The number of hydrogen-bond donors (Lipinski definition) is 1. The molecule has 0 aliphatic rings. The van der Waals surface area contributed by atoms with Crippen LogP contribution in [0.3, 0.4) is 0 Å². The summed E-state index contributed by atoms with van der Waals surface area (Å²) >= 11 is 1.87. The minimum atomic E-state index is 0.0982. The quantitative estimate of drug-likeness (QED) is 0.784. The average Bonchev–Trinajstić information content (AvgIpc) is 2.41. The summed E-state index contributed by atoms with van der Waals surface area (Å²) in [6.07, 6.45) is 3.30. The van der Waals surface area contributed by atoms with Gasteiger partial charge in [-0.05, 0) is 43.0 Å². The van der Waals surface area contributed by atoms with Gasteiger partial charge in [-0.25, -0.2) is 0 Å². The van der Waals surface area contributed by atoms with E-state index >= 15 is 0 Å². The number of ether oxygens (including phenoxy) is 1. The second-order valence-electron chi connectivity index (χ2n) is 4.16. The molecule has 0 heterocycles. The minimum absolute atomic E-state index is 0.0982. The lowest BCUT2D eigenvalue weighted by atomic mass is 10.2. The Balaban J connectivity index is 2.40. The number of nitriles is 1. The van der Waals surface area contributed by atoms with Gasteiger partial charge < -0.3 is 10.1 Å². The molecular weight excluding hydrogens is 244 g/mol. The zero-order valence-corrected chi connectivity index (χ0v) is 11.8. The van der Waals surface area contributed by atoms with Crippen LogP contribution in [0, 0.1) is 11.3 Å². The molecule has 98 valence electrons. The smallest absolute Gasteiger partial charge is 0.174 e. The van der Waals surface area contributed by atoms with Crippen LogP contribution in [0.25, 0.3) is 0 Å². The molecule has 0 bridgehead atoms. The Hall–Kier alpha value is -1.18. The van der Waals surface area contributed by atoms with E-state index in [1.165, 1.54) is 17.7 Å². The number of hydrogen-bond acceptors (Lipinski definition) is 4. The molecule has 0 saturated carbocycles. The van der Waals surface area contributed by atoms with Gasteiger partial charge in [-0.1, -0.05) is 12.1 Å². The van der Waals surface area contributed by atoms with Crippen LogP contribution in [-0.4, -0.2) is 24.7 Å². The highest BCUT2D eigenvalue weighted by molar-refractivity contribution is 7.98. The molecule has 0 fully saturated rings. The van der Waals surface area contributed by atoms with Gasteiger partial charge in [0.15, 0.2) is 6.61 Å². The minimum Gasteiger partial charge on any atom is -0.479 e. The molecule has 0 amide bonds. The lowest BCUT2D eigenvalue weighted by molar-refractivity contribution is 0.367. The third-order valence-electron chi connectivity index (χ3n) is 2.61. The van der Waals surface area contributed by atoms with Crippen LogP contribution in [0.15, 0.2) is 24.3 Å². The van der Waals surface area contributed by atoms with Gasteiger partial charge in [0.1, 0.15) is 11.8 Å². The highest BCUT2D eigenvalue weighted by atomic mass is 32.2. The molecule has 1 aromatic carbocycles. The van der Waals surface area contributed by atoms with Crippen molar-refractivity contribution in [2.75, 3.05) is 18.6 Å². The van der Waals surface area contributed by atoms with Crippen molar-refractivity contribution in [1.29, 1.82) is 5.26 Å². The summed E-state index contributed by atoms with van der Waals surface area (Å²) in [5.74, 6) is 1.94. The largest absolute Gasteiger partial charge is 0.479 e. The van der Waals surface area contributed by atoms with Crippen molar-refractivity contribution in [1.82, 2.24) is 5.32 Å². The first-order chi connectivity index (χ1) is 8.76. The van der Waals surface area contributed by atoms with Crippen LogP contribution in [0.4, 0.5) is 0 Å². The Labute approximate surface area is 114 Å². The summed E-state index contributed by atoms with van der Waals surface area (Å²) < 4.78 is 5.28. The molecule has 3 nitrogen and oxygen atoms in total. The van der Waals surface area contributed by atoms with E-state index in [1.807, 2.05) is 36.0 Å². The van der Waals surface area contributed by atoms with Gasteiger partial charge in [0.05, 0.1) is 0 Å². The summed E-state index contributed by atoms with van der Waals surface area (Å²) in [5, 5.41) is 11.9. The molecule has 1 unspecified atom stereocenters. The number of thioether (sulfide) groups is 1. The van der Waals surface area contributed by atoms with Crippen molar-refractivity contribution < 1.29 is 4.74 Å². The van der Waals surface area contributed by atoms with Crippen LogP contribution >= 0.6 is 11.8 Å². The van der Waals surface area contributed by atoms with Crippen molar-refractivity contribution in [2.24, 2.45) is 0 Å². The molecule has 1 rings (SSSR count). The lowest BCUT2D eigenvalue weighted by Gasteiger charge is -2.13. The Bertz CT molecular complexity index is 390. The molecule has 0 aliphatic carbocycles. The Kier molecular flexibility index (Phi) is 7.31. The number of nitrogens with one attached hydrogen (secondary N) is 1. The summed E-state index contributed by atoms with van der Waals surface area (Å²) in [4.78, 5) is 0. The van der Waals surface area contributed by atoms with Gasteiger partial charge >= 0.3 is 0 Å². The number of nitrogens with zero attached hydrogens (tertiary/aromatic N) is 1. The fraction of sp³-hybridized carbons (Fsp3) is 0.500. The maximum absolute atomic E-state index is 8.47. The molecule has 0 aliphatic heterocycles. The normalized spacial score (nSPS) is 11.8. The van der Waals surface area contributed by atoms with E-state index < -0.39 is 0 Å². The zero-order valence-electron chi connectivity index (χ0n) is 11.0. The van der Waals surface area contributed by atoms with E-state index in [0.29, 0.717) is 6.04 Å². The fourth-order valence-electron chi connectivity index (χ4n) is 1.55. The molecular formula is C14H20N2OS. The predicted molar refractivity (Wildman–Crippen MR) is 76.9 cm³/mol. The van der Waals surface area contributed by atoms with Crippen LogP contribution in [0.2, 0.25) is 0 Å². The Morgan fingerprint density at radius 2 is 2.33 bits per heavy atom. The molecule has 0 saturated heterocycles. The summed E-state index contributed by atoms with van der Waals surface area (Å²) in [6, 6.07) is 10.4. The van der Waals surface area contributed by atoms with Gasteiger partial charge in [0, 0.05) is 12.6 Å². The Morgan fingerprint density at radius 3 is 3.06 bits per heavy atom. The number of rotatable bonds is 8. The average molecular weight is 264 g/mol. The maximum atomic E-state index is 8.47. The fourth-order valence-corrected chi connectivity index (χ4v) is 2.14. The Morgan fingerprint density at radius 1 is 1.50 bits per heavy atom. The second kappa shape index (κ2) is 8.84. The van der Waals surface area contributed by atoms with Crippen molar-refractivity contribution in [3.8, 4) is 11.8 Å². The molecule has 0 radical (unpaired) electrons. The molecule has 0 spiro atoms. The molecule has 1 atom stereocenters. The van der Waals surface area contributed by atoms with Gasteiger partial charge in [-0.15, -0.1) is 0 Å². The summed E-state index contributed by atoms with van der Waals surface area (Å²) in [6.45, 7) is 3.13. The monoisotopic (exact) mass is 264 g/mol. The molecule has 1 aromatic rings. The standard InChI is InChI=1S/C14H20N2OS/c1-12(6-9-18-2)16-11-13-4-3-5-14(10-13)17-8-7-15/h3-5,10,12,16H,6,8-9,11H2,1-2H3. The summed E-state index contributed by atoms with van der Waals surface area (Å²) in [5.41, 5.74) is 1.18. The molecule has 4 heteroatoms. The van der Waals surface area contributed by atoms with Gasteiger partial charge in [0.25, 0.3) is 0 Å². The number of benzene rings is 1. The second-order valence-corrected chi connectivity index (χ2v) is 5.14. The summed E-state index contributed by atoms with van der Waals surface area (Å²) in [7, 11) is 0. The van der Waals surface area contributed by atoms with Gasteiger partial charge in [-0.3, -0.25) is 0 Å². The van der Waals surface area contributed by atoms with Crippen LogP contribution < -0.4 is 10.1 Å². The molecule has 18 heavy (non-hydrogen) atoms.